The summed E-state index contributed by atoms with van der Waals surface area (Å²) in [6.45, 7) is 5.97. The Bertz CT molecular complexity index is 230. The van der Waals surface area contributed by atoms with E-state index in [4.69, 9.17) is 0 Å². The van der Waals surface area contributed by atoms with Crippen molar-refractivity contribution in [2.45, 2.75) is 78.3 Å². The molecule has 0 nitrogen and oxygen atoms in total. The Balaban J connectivity index is 2.82. The monoisotopic (exact) mass is 250 g/mol. The largest absolute Gasteiger partial charge is 0.395 e. The fourth-order valence-corrected chi connectivity index (χ4v) is 3.09. The molecule has 0 bridgehead atoms. The Hall–Kier alpha value is -0.210. The molecule has 0 amide bonds. The lowest BCUT2D eigenvalue weighted by atomic mass is 9.67. The van der Waals surface area contributed by atoms with Crippen molar-refractivity contribution in [3.05, 3.63) is 0 Å². The molecule has 1 fully saturated rings. The van der Waals surface area contributed by atoms with Crippen LogP contribution < -0.4 is 0 Å². The minimum absolute atomic E-state index is 0.348. The third-order valence-electron chi connectivity index (χ3n) is 4.61. The van der Waals surface area contributed by atoms with Crippen LogP contribution in [-0.4, -0.2) is 6.18 Å². The molecule has 1 saturated carbocycles. The zero-order valence-electron chi connectivity index (χ0n) is 11.3. The van der Waals surface area contributed by atoms with Gasteiger partial charge in [-0.15, -0.1) is 0 Å². The number of hydrogen-bond donors (Lipinski definition) is 0. The molecule has 0 radical (unpaired) electrons. The van der Waals surface area contributed by atoms with Crippen molar-refractivity contribution in [1.29, 1.82) is 0 Å². The predicted molar refractivity (Wildman–Crippen MR) is 64.9 cm³/mol. The van der Waals surface area contributed by atoms with Gasteiger partial charge in [0.2, 0.25) is 0 Å². The highest BCUT2D eigenvalue weighted by Gasteiger charge is 2.70. The van der Waals surface area contributed by atoms with Crippen LogP contribution in [0, 0.1) is 10.8 Å². The van der Waals surface area contributed by atoms with E-state index in [1.165, 1.54) is 0 Å². The standard InChI is InChI=1S/C14H25F3/c1-4-6-8-12(3,9-7-5-2)13(10-11-13)14(15,16)17/h4-11H2,1-3H3. The molecule has 0 saturated heterocycles. The molecule has 102 valence electrons. The summed E-state index contributed by atoms with van der Waals surface area (Å²) >= 11 is 0. The van der Waals surface area contributed by atoms with Gasteiger partial charge in [-0.1, -0.05) is 46.5 Å². The number of hydrogen-bond acceptors (Lipinski definition) is 0. The van der Waals surface area contributed by atoms with Crippen LogP contribution in [-0.2, 0) is 0 Å². The lowest BCUT2D eigenvalue weighted by Gasteiger charge is -2.40. The van der Waals surface area contributed by atoms with Crippen LogP contribution in [0.1, 0.15) is 72.1 Å². The van der Waals surface area contributed by atoms with Crippen molar-refractivity contribution in [1.82, 2.24) is 0 Å². The highest BCUT2D eigenvalue weighted by molar-refractivity contribution is 5.09. The Morgan fingerprint density at radius 1 is 0.941 bits per heavy atom. The first-order valence-corrected chi connectivity index (χ1v) is 6.90. The molecule has 0 heterocycles. The minimum Gasteiger partial charge on any atom is -0.170 e. The van der Waals surface area contributed by atoms with Crippen LogP contribution >= 0.6 is 0 Å². The van der Waals surface area contributed by atoms with Crippen LogP contribution in [0.15, 0.2) is 0 Å². The molecular weight excluding hydrogens is 225 g/mol. The smallest absolute Gasteiger partial charge is 0.170 e. The molecule has 17 heavy (non-hydrogen) atoms. The predicted octanol–water partition coefficient (Wildman–Crippen LogP) is 5.72. The molecule has 0 aliphatic heterocycles. The third kappa shape index (κ3) is 2.79. The highest BCUT2D eigenvalue weighted by atomic mass is 19.4. The SMILES string of the molecule is CCCCC(C)(CCCC)C1(C(F)(F)F)CC1. The maximum Gasteiger partial charge on any atom is 0.395 e. The van der Waals surface area contributed by atoms with Gasteiger partial charge in [0, 0.05) is 0 Å². The second-order valence-electron chi connectivity index (χ2n) is 5.85. The second-order valence-corrected chi connectivity index (χ2v) is 5.85. The quantitative estimate of drug-likeness (QED) is 0.542. The van der Waals surface area contributed by atoms with Crippen LogP contribution in [0.2, 0.25) is 0 Å². The molecule has 1 aliphatic carbocycles. The van der Waals surface area contributed by atoms with E-state index < -0.39 is 17.0 Å². The van der Waals surface area contributed by atoms with Crippen LogP contribution in [0.25, 0.3) is 0 Å². The van der Waals surface area contributed by atoms with Crippen molar-refractivity contribution in [3.8, 4) is 0 Å². The van der Waals surface area contributed by atoms with Gasteiger partial charge >= 0.3 is 6.18 Å². The molecule has 0 atom stereocenters. The topological polar surface area (TPSA) is 0 Å². The van der Waals surface area contributed by atoms with Gasteiger partial charge in [0.1, 0.15) is 0 Å². The first-order chi connectivity index (χ1) is 7.83. The summed E-state index contributed by atoms with van der Waals surface area (Å²) < 4.78 is 39.7. The van der Waals surface area contributed by atoms with E-state index in [1.54, 1.807) is 0 Å². The molecule has 0 aromatic carbocycles. The average molecular weight is 250 g/mol. The van der Waals surface area contributed by atoms with Gasteiger partial charge < -0.3 is 0 Å². The molecule has 3 heteroatoms. The number of alkyl halides is 3. The highest BCUT2D eigenvalue weighted by Crippen LogP contribution is 2.69. The molecule has 0 aromatic heterocycles. The Labute approximate surface area is 103 Å². The maximum atomic E-state index is 13.2. The van der Waals surface area contributed by atoms with Crippen molar-refractivity contribution >= 4 is 0 Å². The Kier molecular flexibility index (Phi) is 4.54. The van der Waals surface area contributed by atoms with Gasteiger partial charge in [0.05, 0.1) is 5.41 Å². The maximum absolute atomic E-state index is 13.2. The van der Waals surface area contributed by atoms with Gasteiger partial charge in [-0.25, -0.2) is 0 Å². The first kappa shape index (κ1) is 14.8. The van der Waals surface area contributed by atoms with Gasteiger partial charge in [-0.05, 0) is 31.1 Å². The molecule has 0 spiro atoms. The van der Waals surface area contributed by atoms with Gasteiger partial charge in [0.15, 0.2) is 0 Å². The van der Waals surface area contributed by atoms with Crippen molar-refractivity contribution in [2.24, 2.45) is 10.8 Å². The van der Waals surface area contributed by atoms with E-state index in [-0.39, 0.29) is 0 Å². The molecule has 0 aromatic rings. The van der Waals surface area contributed by atoms with Crippen molar-refractivity contribution in [2.75, 3.05) is 0 Å². The lowest BCUT2D eigenvalue weighted by molar-refractivity contribution is -0.223. The Morgan fingerprint density at radius 2 is 1.35 bits per heavy atom. The zero-order chi connectivity index (χ0) is 13.2. The molecule has 1 rings (SSSR count). The summed E-state index contributed by atoms with van der Waals surface area (Å²) in [6, 6.07) is 0. The van der Waals surface area contributed by atoms with E-state index >= 15 is 0 Å². The van der Waals surface area contributed by atoms with E-state index in [2.05, 4.69) is 0 Å². The fraction of sp³-hybridized carbons (Fsp3) is 1.00. The summed E-state index contributed by atoms with van der Waals surface area (Å²) in [5.74, 6) is 0. The van der Waals surface area contributed by atoms with Gasteiger partial charge in [-0.2, -0.15) is 13.2 Å². The molecule has 0 unspecified atom stereocenters. The summed E-state index contributed by atoms with van der Waals surface area (Å²) in [4.78, 5) is 0. The summed E-state index contributed by atoms with van der Waals surface area (Å²) in [6.07, 6.45) is 1.93. The van der Waals surface area contributed by atoms with Crippen LogP contribution in [0.3, 0.4) is 0 Å². The lowest BCUT2D eigenvalue weighted by Crippen LogP contribution is -2.40. The third-order valence-corrected chi connectivity index (χ3v) is 4.61. The molecular formula is C14H25F3. The van der Waals surface area contributed by atoms with Crippen LogP contribution in [0.4, 0.5) is 13.2 Å². The van der Waals surface area contributed by atoms with Crippen LogP contribution in [0.5, 0.6) is 0 Å². The minimum atomic E-state index is -4.01. The summed E-state index contributed by atoms with van der Waals surface area (Å²) in [7, 11) is 0. The van der Waals surface area contributed by atoms with E-state index in [9.17, 15) is 13.2 Å². The van der Waals surface area contributed by atoms with E-state index in [0.717, 1.165) is 38.5 Å². The second kappa shape index (κ2) is 5.19. The molecule has 0 N–H and O–H groups in total. The normalized spacial score (nSPS) is 19.4. The van der Waals surface area contributed by atoms with Gasteiger partial charge in [0.25, 0.3) is 0 Å². The molecule has 1 aliphatic rings. The van der Waals surface area contributed by atoms with E-state index in [1.807, 2.05) is 20.8 Å². The zero-order valence-corrected chi connectivity index (χ0v) is 11.3. The van der Waals surface area contributed by atoms with Crippen molar-refractivity contribution in [3.63, 3.8) is 0 Å². The summed E-state index contributed by atoms with van der Waals surface area (Å²) in [5, 5.41) is 0. The first-order valence-electron chi connectivity index (χ1n) is 6.90. The average Bonchev–Trinajstić information content (AvgIpc) is 3.03. The number of unbranched alkanes of at least 4 members (excludes halogenated alkanes) is 2. The number of halogens is 3. The summed E-state index contributed by atoms with van der Waals surface area (Å²) in [5.41, 5.74) is -1.89. The van der Waals surface area contributed by atoms with Crippen molar-refractivity contribution < 1.29 is 13.2 Å². The van der Waals surface area contributed by atoms with Gasteiger partial charge in [-0.3, -0.25) is 0 Å². The van der Waals surface area contributed by atoms with E-state index in [0.29, 0.717) is 12.8 Å². The Morgan fingerprint density at radius 3 is 1.59 bits per heavy atom. The number of rotatable bonds is 7. The fourth-order valence-electron chi connectivity index (χ4n) is 3.09.